The molecule has 2 saturated carbocycles. The largest absolute Gasteiger partial charge is 0.351 e. The topological polar surface area (TPSA) is 96.2 Å². The van der Waals surface area contributed by atoms with Crippen LogP contribution in [0.15, 0.2) is 24.0 Å². The van der Waals surface area contributed by atoms with Gasteiger partial charge in [0.05, 0.1) is 12.6 Å². The highest BCUT2D eigenvalue weighted by Gasteiger charge is 2.29. The zero-order chi connectivity index (χ0) is 18.5. The van der Waals surface area contributed by atoms with E-state index in [0.717, 1.165) is 29.6 Å². The minimum atomic E-state index is -0.0333. The molecule has 2 aromatic rings. The Balaban J connectivity index is 1.54. The van der Waals surface area contributed by atoms with Gasteiger partial charge in [0.25, 0.3) is 0 Å². The van der Waals surface area contributed by atoms with Gasteiger partial charge >= 0.3 is 0 Å². The van der Waals surface area contributed by atoms with Crippen LogP contribution in [0.2, 0.25) is 0 Å². The van der Waals surface area contributed by atoms with E-state index in [0.29, 0.717) is 42.0 Å². The second-order valence-electron chi connectivity index (χ2n) is 7.77. The molecular weight excluding hydrogens is 342 g/mol. The van der Waals surface area contributed by atoms with Crippen molar-refractivity contribution in [3.8, 4) is 0 Å². The van der Waals surface area contributed by atoms with Crippen molar-refractivity contribution < 1.29 is 4.79 Å². The number of carbonyl (C=O) groups excluding carboxylic acids is 1. The van der Waals surface area contributed by atoms with E-state index in [1.807, 2.05) is 6.08 Å². The molecule has 3 heterocycles. The first-order valence-corrected chi connectivity index (χ1v) is 9.55. The average molecular weight is 365 g/mol. The SMILES string of the molecule is C=C1NC(=O)C/C1=C\c1cnn2c(NC3CC3)nc(N[C@@H](C)C3CC3)nc12. The first kappa shape index (κ1) is 16.3. The number of nitrogens with one attached hydrogen (secondary N) is 3. The highest BCUT2D eigenvalue weighted by molar-refractivity contribution is 5.89. The van der Waals surface area contributed by atoms with Gasteiger partial charge in [-0.3, -0.25) is 4.79 Å². The number of hydrogen-bond acceptors (Lipinski definition) is 6. The second kappa shape index (κ2) is 6.07. The van der Waals surface area contributed by atoms with E-state index in [2.05, 4.69) is 39.5 Å². The third-order valence-corrected chi connectivity index (χ3v) is 5.35. The number of fused-ring (bicyclic) bond motifs is 1. The molecular formula is C19H23N7O. The molecule has 1 amide bonds. The van der Waals surface area contributed by atoms with Crippen LogP contribution < -0.4 is 16.0 Å². The van der Waals surface area contributed by atoms with E-state index in [1.54, 1.807) is 10.7 Å². The number of hydrogen-bond donors (Lipinski definition) is 3. The molecule has 140 valence electrons. The van der Waals surface area contributed by atoms with Gasteiger partial charge in [-0.25, -0.2) is 0 Å². The first-order chi connectivity index (χ1) is 13.1. The van der Waals surface area contributed by atoms with Gasteiger partial charge in [0, 0.05) is 23.3 Å². The number of amides is 1. The fourth-order valence-electron chi connectivity index (χ4n) is 3.38. The molecule has 1 saturated heterocycles. The van der Waals surface area contributed by atoms with E-state index in [1.165, 1.54) is 12.8 Å². The minimum Gasteiger partial charge on any atom is -0.351 e. The monoisotopic (exact) mass is 365 g/mol. The van der Waals surface area contributed by atoms with E-state index >= 15 is 0 Å². The molecule has 2 aliphatic carbocycles. The van der Waals surface area contributed by atoms with Gasteiger partial charge in [0.1, 0.15) is 0 Å². The van der Waals surface area contributed by atoms with Crippen molar-refractivity contribution in [3.63, 3.8) is 0 Å². The van der Waals surface area contributed by atoms with Gasteiger partial charge < -0.3 is 16.0 Å². The quantitative estimate of drug-likeness (QED) is 0.727. The Bertz CT molecular complexity index is 968. The molecule has 0 radical (unpaired) electrons. The summed E-state index contributed by atoms with van der Waals surface area (Å²) in [5.41, 5.74) is 3.08. The Hall–Kier alpha value is -2.90. The molecule has 0 bridgehead atoms. The Morgan fingerprint density at radius 1 is 1.33 bits per heavy atom. The smallest absolute Gasteiger partial charge is 0.229 e. The maximum Gasteiger partial charge on any atom is 0.229 e. The van der Waals surface area contributed by atoms with Crippen LogP contribution in [0.3, 0.4) is 0 Å². The predicted octanol–water partition coefficient (Wildman–Crippen LogP) is 2.33. The molecule has 5 rings (SSSR count). The molecule has 8 nitrogen and oxygen atoms in total. The summed E-state index contributed by atoms with van der Waals surface area (Å²) in [6.07, 6.45) is 8.85. The standard InChI is InChI=1S/C19H23N7O/c1-10(12-3-4-12)22-18-24-17-14(7-13-8-16(27)21-11(13)2)9-20-26(17)19(25-18)23-15-5-6-15/h7,9-10,12,15H,2-6,8H2,1H3,(H,21,27)(H2,22,23,24,25)/b13-7+/t10-/m0/s1. The van der Waals surface area contributed by atoms with Gasteiger partial charge in [-0.1, -0.05) is 6.58 Å². The predicted molar refractivity (Wildman–Crippen MR) is 103 cm³/mol. The number of rotatable bonds is 6. The second-order valence-corrected chi connectivity index (χ2v) is 7.77. The third kappa shape index (κ3) is 3.27. The number of carbonyl (C=O) groups is 1. The molecule has 0 spiro atoms. The molecule has 0 aromatic carbocycles. The van der Waals surface area contributed by atoms with Crippen LogP contribution >= 0.6 is 0 Å². The van der Waals surface area contributed by atoms with Crippen molar-refractivity contribution >= 4 is 29.5 Å². The van der Waals surface area contributed by atoms with E-state index in [9.17, 15) is 4.79 Å². The number of allylic oxidation sites excluding steroid dienone is 1. The summed E-state index contributed by atoms with van der Waals surface area (Å²) in [6.45, 7) is 6.09. The van der Waals surface area contributed by atoms with Gasteiger partial charge in [0.15, 0.2) is 5.65 Å². The Kier molecular flexibility index (Phi) is 3.66. The number of aromatic nitrogens is 4. The maximum absolute atomic E-state index is 11.6. The Labute approximate surface area is 157 Å². The number of nitrogens with zero attached hydrogens (tertiary/aromatic N) is 4. The van der Waals surface area contributed by atoms with Crippen molar-refractivity contribution in [2.45, 2.75) is 51.1 Å². The summed E-state index contributed by atoms with van der Waals surface area (Å²) in [7, 11) is 0. The van der Waals surface area contributed by atoms with E-state index in [-0.39, 0.29) is 5.91 Å². The van der Waals surface area contributed by atoms with Gasteiger partial charge in [0.2, 0.25) is 17.8 Å². The molecule has 2 aromatic heterocycles. The summed E-state index contributed by atoms with van der Waals surface area (Å²) in [5, 5.41) is 14.1. The molecule has 8 heteroatoms. The van der Waals surface area contributed by atoms with Crippen molar-refractivity contribution in [1.29, 1.82) is 0 Å². The molecule has 3 fully saturated rings. The lowest BCUT2D eigenvalue weighted by Crippen LogP contribution is -2.21. The molecule has 27 heavy (non-hydrogen) atoms. The highest BCUT2D eigenvalue weighted by Crippen LogP contribution is 2.34. The Morgan fingerprint density at radius 2 is 2.15 bits per heavy atom. The minimum absolute atomic E-state index is 0.0333. The van der Waals surface area contributed by atoms with Crippen LogP contribution in [-0.4, -0.2) is 37.6 Å². The normalized spacial score (nSPS) is 22.3. The molecule has 1 atom stereocenters. The van der Waals surface area contributed by atoms with Crippen LogP contribution in [0.5, 0.6) is 0 Å². The maximum atomic E-state index is 11.6. The molecule has 3 N–H and O–H groups in total. The fraction of sp³-hybridized carbons (Fsp3) is 0.474. The highest BCUT2D eigenvalue weighted by atomic mass is 16.1. The fourth-order valence-corrected chi connectivity index (χ4v) is 3.38. The lowest BCUT2D eigenvalue weighted by Gasteiger charge is -2.14. The van der Waals surface area contributed by atoms with Gasteiger partial charge in [-0.2, -0.15) is 19.6 Å². The van der Waals surface area contributed by atoms with Crippen LogP contribution in [0.4, 0.5) is 11.9 Å². The zero-order valence-corrected chi connectivity index (χ0v) is 15.3. The van der Waals surface area contributed by atoms with Crippen LogP contribution in [0, 0.1) is 5.92 Å². The van der Waals surface area contributed by atoms with Crippen molar-refractivity contribution in [1.82, 2.24) is 24.9 Å². The van der Waals surface area contributed by atoms with Crippen LogP contribution in [0.25, 0.3) is 11.7 Å². The lowest BCUT2D eigenvalue weighted by atomic mass is 10.1. The summed E-state index contributed by atoms with van der Waals surface area (Å²) < 4.78 is 1.74. The summed E-state index contributed by atoms with van der Waals surface area (Å²) in [5.74, 6) is 1.99. The van der Waals surface area contributed by atoms with E-state index in [4.69, 9.17) is 4.98 Å². The van der Waals surface area contributed by atoms with Gasteiger partial charge in [-0.15, -0.1) is 0 Å². The summed E-state index contributed by atoms with van der Waals surface area (Å²) >= 11 is 0. The summed E-state index contributed by atoms with van der Waals surface area (Å²) in [4.78, 5) is 21.0. The van der Waals surface area contributed by atoms with E-state index < -0.39 is 0 Å². The van der Waals surface area contributed by atoms with Crippen molar-refractivity contribution in [2.24, 2.45) is 5.92 Å². The lowest BCUT2D eigenvalue weighted by molar-refractivity contribution is -0.118. The molecule has 0 unspecified atom stereocenters. The van der Waals surface area contributed by atoms with Crippen LogP contribution in [0.1, 0.15) is 44.6 Å². The number of anilines is 2. The van der Waals surface area contributed by atoms with Gasteiger partial charge in [-0.05, 0) is 50.2 Å². The van der Waals surface area contributed by atoms with Crippen molar-refractivity contribution in [3.05, 3.63) is 29.6 Å². The third-order valence-electron chi connectivity index (χ3n) is 5.35. The first-order valence-electron chi connectivity index (χ1n) is 9.55. The molecule has 1 aliphatic heterocycles. The van der Waals surface area contributed by atoms with Crippen LogP contribution in [-0.2, 0) is 4.79 Å². The summed E-state index contributed by atoms with van der Waals surface area (Å²) in [6, 6.07) is 0.807. The molecule has 3 aliphatic rings. The average Bonchev–Trinajstić information content (AvgIpc) is 3.53. The van der Waals surface area contributed by atoms with Crippen molar-refractivity contribution in [2.75, 3.05) is 10.6 Å². The zero-order valence-electron chi connectivity index (χ0n) is 15.3. The Morgan fingerprint density at radius 3 is 2.81 bits per heavy atom.